The summed E-state index contributed by atoms with van der Waals surface area (Å²) in [6.45, 7) is 9.17. The number of hydrogen-bond donors (Lipinski definition) is 0. The lowest BCUT2D eigenvalue weighted by Crippen LogP contribution is -2.47. The SMILES string of the molecule is CCCN(CC(=O)OCC)CC1CN(C)CCO1. The van der Waals surface area contributed by atoms with Gasteiger partial charge in [0, 0.05) is 19.6 Å². The predicted octanol–water partition coefficient (Wildman–Crippen LogP) is 0.592. The third-order valence-electron chi connectivity index (χ3n) is 3.00. The van der Waals surface area contributed by atoms with Gasteiger partial charge in [0.15, 0.2) is 0 Å². The number of esters is 1. The van der Waals surface area contributed by atoms with Gasteiger partial charge in [-0.05, 0) is 26.9 Å². The van der Waals surface area contributed by atoms with Crippen LogP contribution in [-0.2, 0) is 14.3 Å². The molecule has 0 aromatic heterocycles. The molecule has 0 N–H and O–H groups in total. The molecule has 1 fully saturated rings. The first-order chi connectivity index (χ1) is 8.65. The van der Waals surface area contributed by atoms with Crippen molar-refractivity contribution in [3.8, 4) is 0 Å². The first-order valence-corrected chi connectivity index (χ1v) is 6.83. The van der Waals surface area contributed by atoms with Crippen LogP contribution in [-0.4, -0.2) is 74.9 Å². The Bertz CT molecular complexity index is 248. The maximum Gasteiger partial charge on any atom is 0.320 e. The van der Waals surface area contributed by atoms with E-state index in [0.717, 1.165) is 39.2 Å². The van der Waals surface area contributed by atoms with Crippen molar-refractivity contribution in [1.29, 1.82) is 0 Å². The topological polar surface area (TPSA) is 42.0 Å². The van der Waals surface area contributed by atoms with E-state index >= 15 is 0 Å². The molecule has 0 radical (unpaired) electrons. The summed E-state index contributed by atoms with van der Waals surface area (Å²) in [7, 11) is 2.10. The molecule has 0 aromatic carbocycles. The normalized spacial score (nSPS) is 21.2. The molecule has 0 aromatic rings. The van der Waals surface area contributed by atoms with Gasteiger partial charge < -0.3 is 14.4 Å². The van der Waals surface area contributed by atoms with Crippen LogP contribution in [0, 0.1) is 0 Å². The Morgan fingerprint density at radius 1 is 1.50 bits per heavy atom. The fourth-order valence-electron chi connectivity index (χ4n) is 2.21. The van der Waals surface area contributed by atoms with Crippen LogP contribution in [0.4, 0.5) is 0 Å². The second-order valence-corrected chi connectivity index (χ2v) is 4.80. The zero-order chi connectivity index (χ0) is 13.4. The van der Waals surface area contributed by atoms with Crippen LogP contribution < -0.4 is 0 Å². The van der Waals surface area contributed by atoms with Gasteiger partial charge in [-0.2, -0.15) is 0 Å². The van der Waals surface area contributed by atoms with Crippen LogP contribution in [0.25, 0.3) is 0 Å². The lowest BCUT2D eigenvalue weighted by Gasteiger charge is -2.33. The van der Waals surface area contributed by atoms with Crippen LogP contribution in [0.15, 0.2) is 0 Å². The van der Waals surface area contributed by atoms with E-state index < -0.39 is 0 Å². The quantitative estimate of drug-likeness (QED) is 0.625. The molecule has 0 spiro atoms. The summed E-state index contributed by atoms with van der Waals surface area (Å²) in [6.07, 6.45) is 1.23. The van der Waals surface area contributed by atoms with Gasteiger partial charge in [-0.15, -0.1) is 0 Å². The summed E-state index contributed by atoms with van der Waals surface area (Å²) in [5.74, 6) is -0.143. The lowest BCUT2D eigenvalue weighted by atomic mass is 10.2. The molecule has 1 rings (SSSR count). The van der Waals surface area contributed by atoms with Crippen molar-refractivity contribution in [3.05, 3.63) is 0 Å². The average molecular weight is 258 g/mol. The van der Waals surface area contributed by atoms with Crippen LogP contribution in [0.5, 0.6) is 0 Å². The Labute approximate surface area is 110 Å². The molecule has 5 nitrogen and oxygen atoms in total. The molecule has 1 unspecified atom stereocenters. The molecular formula is C13H26N2O3. The van der Waals surface area contributed by atoms with Crippen molar-refractivity contribution < 1.29 is 14.3 Å². The molecule has 1 saturated heterocycles. The number of ether oxygens (including phenoxy) is 2. The van der Waals surface area contributed by atoms with Gasteiger partial charge in [0.1, 0.15) is 0 Å². The van der Waals surface area contributed by atoms with Crippen molar-refractivity contribution in [2.45, 2.75) is 26.4 Å². The van der Waals surface area contributed by atoms with Crippen LogP contribution in [0.2, 0.25) is 0 Å². The van der Waals surface area contributed by atoms with E-state index in [-0.39, 0.29) is 12.1 Å². The van der Waals surface area contributed by atoms with E-state index in [1.165, 1.54) is 0 Å². The Balaban J connectivity index is 2.38. The summed E-state index contributed by atoms with van der Waals surface area (Å²) in [6, 6.07) is 0. The number of hydrogen-bond acceptors (Lipinski definition) is 5. The van der Waals surface area contributed by atoms with Gasteiger partial charge in [-0.1, -0.05) is 6.92 Å². The maximum atomic E-state index is 11.5. The molecule has 1 aliphatic heterocycles. The zero-order valence-corrected chi connectivity index (χ0v) is 11.9. The Morgan fingerprint density at radius 2 is 2.28 bits per heavy atom. The summed E-state index contributed by atoms with van der Waals surface area (Å²) >= 11 is 0. The van der Waals surface area contributed by atoms with Crippen LogP contribution in [0.1, 0.15) is 20.3 Å². The van der Waals surface area contributed by atoms with E-state index in [1.54, 1.807) is 0 Å². The first-order valence-electron chi connectivity index (χ1n) is 6.83. The Hall–Kier alpha value is -0.650. The molecule has 1 heterocycles. The highest BCUT2D eigenvalue weighted by Crippen LogP contribution is 2.06. The minimum absolute atomic E-state index is 0.143. The highest BCUT2D eigenvalue weighted by Gasteiger charge is 2.21. The van der Waals surface area contributed by atoms with E-state index in [9.17, 15) is 4.79 Å². The van der Waals surface area contributed by atoms with E-state index in [1.807, 2.05) is 6.92 Å². The highest BCUT2D eigenvalue weighted by atomic mass is 16.5. The summed E-state index contributed by atoms with van der Waals surface area (Å²) in [5.41, 5.74) is 0. The lowest BCUT2D eigenvalue weighted by molar-refractivity contribution is -0.145. The van der Waals surface area contributed by atoms with E-state index in [2.05, 4.69) is 23.8 Å². The van der Waals surface area contributed by atoms with Crippen LogP contribution in [0.3, 0.4) is 0 Å². The van der Waals surface area contributed by atoms with Gasteiger partial charge in [0.05, 0.1) is 25.9 Å². The van der Waals surface area contributed by atoms with Crippen LogP contribution >= 0.6 is 0 Å². The van der Waals surface area contributed by atoms with Gasteiger partial charge in [-0.25, -0.2) is 0 Å². The number of nitrogens with zero attached hydrogens (tertiary/aromatic N) is 2. The van der Waals surface area contributed by atoms with Gasteiger partial charge in [-0.3, -0.25) is 9.69 Å². The number of rotatable bonds is 7. The monoisotopic (exact) mass is 258 g/mol. The molecule has 0 saturated carbocycles. The molecule has 18 heavy (non-hydrogen) atoms. The minimum atomic E-state index is -0.143. The minimum Gasteiger partial charge on any atom is -0.465 e. The molecular weight excluding hydrogens is 232 g/mol. The largest absolute Gasteiger partial charge is 0.465 e. The summed E-state index contributed by atoms with van der Waals surface area (Å²) in [4.78, 5) is 15.9. The highest BCUT2D eigenvalue weighted by molar-refractivity contribution is 5.71. The number of morpholine rings is 1. The Kier molecular flexibility index (Phi) is 7.23. The fraction of sp³-hybridized carbons (Fsp3) is 0.923. The molecule has 106 valence electrons. The summed E-state index contributed by atoms with van der Waals surface area (Å²) in [5, 5.41) is 0. The van der Waals surface area contributed by atoms with Crippen molar-refractivity contribution in [2.24, 2.45) is 0 Å². The zero-order valence-electron chi connectivity index (χ0n) is 11.9. The van der Waals surface area contributed by atoms with Crippen molar-refractivity contribution in [2.75, 3.05) is 53.0 Å². The smallest absolute Gasteiger partial charge is 0.320 e. The number of likely N-dealkylation sites (N-methyl/N-ethyl adjacent to an activating group) is 1. The van der Waals surface area contributed by atoms with Crippen molar-refractivity contribution in [3.63, 3.8) is 0 Å². The van der Waals surface area contributed by atoms with Crippen molar-refractivity contribution >= 4 is 5.97 Å². The van der Waals surface area contributed by atoms with Gasteiger partial charge in [0.25, 0.3) is 0 Å². The third-order valence-corrected chi connectivity index (χ3v) is 3.00. The number of carbonyl (C=O) groups excluding carboxylic acids is 1. The molecule has 0 bridgehead atoms. The molecule has 1 atom stereocenters. The molecule has 5 heteroatoms. The summed E-state index contributed by atoms with van der Waals surface area (Å²) < 4.78 is 10.7. The van der Waals surface area contributed by atoms with E-state index in [0.29, 0.717) is 13.2 Å². The van der Waals surface area contributed by atoms with Gasteiger partial charge >= 0.3 is 5.97 Å². The number of carbonyl (C=O) groups is 1. The average Bonchev–Trinajstić information content (AvgIpc) is 2.29. The third kappa shape index (κ3) is 5.80. The standard InChI is InChI=1S/C13H26N2O3/c1-4-6-15(11-13(16)17-5-2)10-12-9-14(3)7-8-18-12/h12H,4-11H2,1-3H3. The van der Waals surface area contributed by atoms with Gasteiger partial charge in [0.2, 0.25) is 0 Å². The van der Waals surface area contributed by atoms with E-state index in [4.69, 9.17) is 9.47 Å². The fourth-order valence-corrected chi connectivity index (χ4v) is 2.21. The molecule has 0 amide bonds. The second kappa shape index (κ2) is 8.45. The second-order valence-electron chi connectivity index (χ2n) is 4.80. The van der Waals surface area contributed by atoms with Crippen molar-refractivity contribution in [1.82, 2.24) is 9.80 Å². The maximum absolute atomic E-state index is 11.5. The Morgan fingerprint density at radius 3 is 2.89 bits per heavy atom. The first kappa shape index (κ1) is 15.4. The molecule has 0 aliphatic carbocycles. The predicted molar refractivity (Wildman–Crippen MR) is 70.6 cm³/mol. The molecule has 1 aliphatic rings.